The largest absolute Gasteiger partial charge is 0.377 e. The smallest absolute Gasteiger partial charge is 0.153 e. The van der Waals surface area contributed by atoms with E-state index in [2.05, 4.69) is 52.9 Å². The van der Waals surface area contributed by atoms with Gasteiger partial charge in [0.25, 0.3) is 0 Å². The molecule has 0 aliphatic rings. The van der Waals surface area contributed by atoms with Crippen LogP contribution in [0.15, 0.2) is 24.5 Å². The molecule has 0 bridgehead atoms. The Morgan fingerprint density at radius 2 is 1.83 bits per heavy atom. The second-order valence-corrected chi connectivity index (χ2v) is 7.34. The minimum atomic E-state index is 0.457. The van der Waals surface area contributed by atoms with Crippen molar-refractivity contribution in [2.24, 2.45) is 0 Å². The van der Waals surface area contributed by atoms with E-state index in [1.165, 1.54) is 9.75 Å². The number of methoxy groups -OCH3 is 1. The average molecular weight is 334 g/mol. The highest BCUT2D eigenvalue weighted by Crippen LogP contribution is 2.18. The highest BCUT2D eigenvalue weighted by Gasteiger charge is 2.10. The lowest BCUT2D eigenvalue weighted by molar-refractivity contribution is 0.177. The lowest BCUT2D eigenvalue weighted by Crippen LogP contribution is -2.31. The first-order valence-corrected chi connectivity index (χ1v) is 8.59. The molecule has 2 aromatic rings. The molecule has 0 aliphatic heterocycles. The van der Waals surface area contributed by atoms with Crippen LogP contribution in [-0.2, 0) is 24.4 Å². The molecule has 0 radical (unpaired) electrons. The number of thiophene rings is 1. The van der Waals surface area contributed by atoms with Gasteiger partial charge in [-0.25, -0.2) is 9.97 Å². The SMILES string of the molecule is COCc1ncc(CN(CCN(C)C)Cc2ccc(C)s2)cn1. The van der Waals surface area contributed by atoms with Gasteiger partial charge in [0.2, 0.25) is 0 Å². The van der Waals surface area contributed by atoms with E-state index in [1.54, 1.807) is 7.11 Å². The van der Waals surface area contributed by atoms with Gasteiger partial charge in [-0.1, -0.05) is 0 Å². The summed E-state index contributed by atoms with van der Waals surface area (Å²) in [5, 5.41) is 0. The molecule has 0 saturated heterocycles. The topological polar surface area (TPSA) is 41.5 Å². The summed E-state index contributed by atoms with van der Waals surface area (Å²) in [4.78, 5) is 16.1. The van der Waals surface area contributed by atoms with Crippen LogP contribution in [-0.4, -0.2) is 54.1 Å². The van der Waals surface area contributed by atoms with Gasteiger partial charge in [-0.2, -0.15) is 0 Å². The zero-order valence-electron chi connectivity index (χ0n) is 14.5. The van der Waals surface area contributed by atoms with Gasteiger partial charge < -0.3 is 9.64 Å². The fourth-order valence-electron chi connectivity index (χ4n) is 2.27. The fourth-order valence-corrected chi connectivity index (χ4v) is 3.20. The number of aryl methyl sites for hydroxylation is 1. The second kappa shape index (κ2) is 9.08. The lowest BCUT2D eigenvalue weighted by Gasteiger charge is -2.23. The van der Waals surface area contributed by atoms with Gasteiger partial charge in [0.05, 0.1) is 0 Å². The molecule has 0 spiro atoms. The number of rotatable bonds is 9. The van der Waals surface area contributed by atoms with Gasteiger partial charge in [0.15, 0.2) is 5.82 Å². The highest BCUT2D eigenvalue weighted by atomic mass is 32.1. The van der Waals surface area contributed by atoms with Crippen LogP contribution in [0.1, 0.15) is 21.1 Å². The third kappa shape index (κ3) is 6.35. The van der Waals surface area contributed by atoms with Gasteiger partial charge >= 0.3 is 0 Å². The van der Waals surface area contributed by atoms with Crippen molar-refractivity contribution in [2.75, 3.05) is 34.3 Å². The number of hydrogen-bond acceptors (Lipinski definition) is 6. The summed E-state index contributed by atoms with van der Waals surface area (Å²) in [6.07, 6.45) is 3.81. The van der Waals surface area contributed by atoms with Crippen molar-refractivity contribution in [3.8, 4) is 0 Å². The van der Waals surface area contributed by atoms with E-state index in [4.69, 9.17) is 4.74 Å². The van der Waals surface area contributed by atoms with Crippen molar-refractivity contribution >= 4 is 11.3 Å². The number of nitrogens with zero attached hydrogens (tertiary/aromatic N) is 4. The Bertz CT molecular complexity index is 583. The minimum absolute atomic E-state index is 0.457. The van der Waals surface area contributed by atoms with Crippen molar-refractivity contribution in [3.63, 3.8) is 0 Å². The summed E-state index contributed by atoms with van der Waals surface area (Å²) in [6, 6.07) is 4.41. The van der Waals surface area contributed by atoms with Crippen LogP contribution < -0.4 is 0 Å². The molecule has 0 saturated carbocycles. The molecular formula is C17H26N4OS. The fraction of sp³-hybridized carbons (Fsp3) is 0.529. The summed E-state index contributed by atoms with van der Waals surface area (Å²) in [7, 11) is 5.87. The minimum Gasteiger partial charge on any atom is -0.377 e. The van der Waals surface area contributed by atoms with E-state index >= 15 is 0 Å². The Balaban J connectivity index is 2.00. The molecule has 2 aromatic heterocycles. The molecule has 0 N–H and O–H groups in total. The van der Waals surface area contributed by atoms with Crippen LogP contribution in [0, 0.1) is 6.92 Å². The standard InChI is InChI=1S/C17H26N4OS/c1-14-5-6-16(23-14)12-21(8-7-20(2)3)11-15-9-18-17(13-22-4)19-10-15/h5-6,9-10H,7-8,11-13H2,1-4H3. The van der Waals surface area contributed by atoms with Crippen molar-refractivity contribution in [3.05, 3.63) is 45.7 Å². The average Bonchev–Trinajstić information content (AvgIpc) is 2.92. The summed E-state index contributed by atoms with van der Waals surface area (Å²) in [5.41, 5.74) is 1.14. The molecule has 0 aliphatic carbocycles. The Labute approximate surface area is 142 Å². The number of aromatic nitrogens is 2. The quantitative estimate of drug-likeness (QED) is 0.705. The number of hydrogen-bond donors (Lipinski definition) is 0. The maximum absolute atomic E-state index is 5.06. The molecule has 0 unspecified atom stereocenters. The third-order valence-electron chi connectivity index (χ3n) is 3.48. The monoisotopic (exact) mass is 334 g/mol. The van der Waals surface area contributed by atoms with Gasteiger partial charge in [-0.05, 0) is 33.2 Å². The molecule has 0 fully saturated rings. The maximum Gasteiger partial charge on any atom is 0.153 e. The van der Waals surface area contributed by atoms with E-state index in [0.717, 1.165) is 37.6 Å². The van der Waals surface area contributed by atoms with Crippen molar-refractivity contribution in [1.29, 1.82) is 0 Å². The second-order valence-electron chi connectivity index (χ2n) is 5.97. The summed E-state index contributed by atoms with van der Waals surface area (Å²) >= 11 is 1.87. The van der Waals surface area contributed by atoms with Gasteiger partial charge in [0.1, 0.15) is 6.61 Å². The highest BCUT2D eigenvalue weighted by molar-refractivity contribution is 7.11. The molecule has 0 aromatic carbocycles. The van der Waals surface area contributed by atoms with E-state index in [1.807, 2.05) is 23.7 Å². The van der Waals surface area contributed by atoms with Crippen molar-refractivity contribution in [2.45, 2.75) is 26.6 Å². The van der Waals surface area contributed by atoms with E-state index in [-0.39, 0.29) is 0 Å². The maximum atomic E-state index is 5.06. The summed E-state index contributed by atoms with van der Waals surface area (Å²) in [5.74, 6) is 0.727. The molecule has 23 heavy (non-hydrogen) atoms. The number of likely N-dealkylation sites (N-methyl/N-ethyl adjacent to an activating group) is 1. The summed E-state index contributed by atoms with van der Waals surface area (Å²) in [6.45, 7) is 6.49. The van der Waals surface area contributed by atoms with E-state index < -0.39 is 0 Å². The molecule has 0 atom stereocenters. The molecule has 6 heteroatoms. The van der Waals surface area contributed by atoms with Crippen LogP contribution in [0.2, 0.25) is 0 Å². The molecule has 5 nitrogen and oxygen atoms in total. The van der Waals surface area contributed by atoms with Gasteiger partial charge in [-0.15, -0.1) is 11.3 Å². The van der Waals surface area contributed by atoms with Gasteiger partial charge in [0, 0.05) is 61.0 Å². The Morgan fingerprint density at radius 3 is 2.39 bits per heavy atom. The normalized spacial score (nSPS) is 11.6. The zero-order valence-corrected chi connectivity index (χ0v) is 15.3. The van der Waals surface area contributed by atoms with Crippen molar-refractivity contribution in [1.82, 2.24) is 19.8 Å². The molecule has 2 heterocycles. The summed E-state index contributed by atoms with van der Waals surface area (Å²) < 4.78 is 5.06. The third-order valence-corrected chi connectivity index (χ3v) is 4.46. The van der Waals surface area contributed by atoms with E-state index in [0.29, 0.717) is 6.61 Å². The van der Waals surface area contributed by atoms with E-state index in [9.17, 15) is 0 Å². The first-order valence-electron chi connectivity index (χ1n) is 7.78. The van der Waals surface area contributed by atoms with Crippen LogP contribution >= 0.6 is 11.3 Å². The Morgan fingerprint density at radius 1 is 1.09 bits per heavy atom. The Hall–Kier alpha value is -1.34. The van der Waals surface area contributed by atoms with Crippen molar-refractivity contribution < 1.29 is 4.74 Å². The molecular weight excluding hydrogens is 308 g/mol. The van der Waals surface area contributed by atoms with Gasteiger partial charge in [-0.3, -0.25) is 4.90 Å². The molecule has 126 valence electrons. The zero-order chi connectivity index (χ0) is 16.7. The van der Waals surface area contributed by atoms with Crippen LogP contribution in [0.25, 0.3) is 0 Å². The predicted molar refractivity (Wildman–Crippen MR) is 94.5 cm³/mol. The number of ether oxygens (including phenoxy) is 1. The molecule has 2 rings (SSSR count). The lowest BCUT2D eigenvalue weighted by atomic mass is 10.3. The first kappa shape index (κ1) is 18.0. The molecule has 0 amide bonds. The van der Waals surface area contributed by atoms with Crippen LogP contribution in [0.5, 0.6) is 0 Å². The van der Waals surface area contributed by atoms with Crippen LogP contribution in [0.3, 0.4) is 0 Å². The predicted octanol–water partition coefficient (Wildman–Crippen LogP) is 2.56. The Kier molecular flexibility index (Phi) is 7.11. The van der Waals surface area contributed by atoms with Crippen LogP contribution in [0.4, 0.5) is 0 Å². The first-order chi connectivity index (χ1) is 11.1.